The second-order valence-corrected chi connectivity index (χ2v) is 5.02. The molecule has 2 aliphatic rings. The second-order valence-electron chi connectivity index (χ2n) is 5.02. The van der Waals surface area contributed by atoms with E-state index in [-0.39, 0.29) is 32.1 Å². The van der Waals surface area contributed by atoms with Crippen molar-refractivity contribution in [2.45, 2.75) is 25.5 Å². The van der Waals surface area contributed by atoms with Crippen molar-refractivity contribution in [1.29, 1.82) is 0 Å². The minimum absolute atomic E-state index is 0.0680. The molecule has 1 N–H and O–H groups in total. The van der Waals surface area contributed by atoms with E-state index < -0.39 is 23.7 Å². The van der Waals surface area contributed by atoms with E-state index in [1.165, 1.54) is 23.1 Å². The number of fused-ring (bicyclic) bond motifs is 1. The van der Waals surface area contributed by atoms with Crippen LogP contribution in [-0.2, 0) is 20.9 Å². The first-order valence-corrected chi connectivity index (χ1v) is 6.57. The summed E-state index contributed by atoms with van der Waals surface area (Å²) in [5, 5.41) is 2.21. The van der Waals surface area contributed by atoms with E-state index in [0.29, 0.717) is 11.1 Å². The van der Waals surface area contributed by atoms with E-state index in [0.717, 1.165) is 0 Å². The van der Waals surface area contributed by atoms with E-state index in [1.807, 2.05) is 0 Å². The molecule has 21 heavy (non-hydrogen) atoms. The van der Waals surface area contributed by atoms with Crippen molar-refractivity contribution in [3.05, 3.63) is 35.1 Å². The maximum Gasteiger partial charge on any atom is 0.256 e. The van der Waals surface area contributed by atoms with Gasteiger partial charge in [0.2, 0.25) is 11.8 Å². The quantitative estimate of drug-likeness (QED) is 0.767. The van der Waals surface area contributed by atoms with Crippen molar-refractivity contribution in [1.82, 2.24) is 10.2 Å². The number of hydrogen-bond donors (Lipinski definition) is 1. The number of piperidine rings is 1. The molecule has 2 aliphatic heterocycles. The number of halogens is 1. The summed E-state index contributed by atoms with van der Waals surface area (Å²) in [7, 11) is 0. The van der Waals surface area contributed by atoms with Gasteiger partial charge in [0.05, 0.1) is 6.61 Å². The van der Waals surface area contributed by atoms with E-state index in [1.54, 1.807) is 0 Å². The van der Waals surface area contributed by atoms with Crippen LogP contribution in [0.4, 0.5) is 4.39 Å². The fourth-order valence-corrected chi connectivity index (χ4v) is 2.57. The lowest BCUT2D eigenvalue weighted by Gasteiger charge is -2.31. The first kappa shape index (κ1) is 13.7. The maximum atomic E-state index is 13.2. The maximum absolute atomic E-state index is 13.2. The van der Waals surface area contributed by atoms with Crippen LogP contribution >= 0.6 is 0 Å². The zero-order valence-electron chi connectivity index (χ0n) is 11.1. The Kier molecular flexibility index (Phi) is 3.42. The second kappa shape index (κ2) is 5.25. The van der Waals surface area contributed by atoms with Gasteiger partial charge in [-0.1, -0.05) is 0 Å². The Morgan fingerprint density at radius 1 is 1.29 bits per heavy atom. The zero-order chi connectivity index (χ0) is 15.0. The molecule has 0 saturated carbocycles. The fourth-order valence-electron chi connectivity index (χ4n) is 2.57. The summed E-state index contributed by atoms with van der Waals surface area (Å²) >= 11 is 0. The molecule has 0 radical (unpaired) electrons. The lowest BCUT2D eigenvalue weighted by Crippen LogP contribution is -2.54. The third-order valence-corrected chi connectivity index (χ3v) is 3.63. The summed E-state index contributed by atoms with van der Waals surface area (Å²) in [5.41, 5.74) is 0.772. The van der Waals surface area contributed by atoms with Crippen LogP contribution < -0.4 is 5.32 Å². The van der Waals surface area contributed by atoms with E-state index >= 15 is 0 Å². The average Bonchev–Trinajstić information content (AvgIpc) is 2.58. The Bertz CT molecular complexity index is 631. The predicted molar refractivity (Wildman–Crippen MR) is 68.4 cm³/mol. The number of carbonyl (C=O) groups is 3. The van der Waals surface area contributed by atoms with Crippen molar-refractivity contribution in [3.63, 3.8) is 0 Å². The first-order valence-electron chi connectivity index (χ1n) is 6.57. The highest BCUT2D eigenvalue weighted by Crippen LogP contribution is 2.22. The molecule has 7 heteroatoms. The van der Waals surface area contributed by atoms with Gasteiger partial charge in [0.15, 0.2) is 0 Å². The molecule has 1 aromatic carbocycles. The summed E-state index contributed by atoms with van der Waals surface area (Å²) < 4.78 is 18.6. The summed E-state index contributed by atoms with van der Waals surface area (Å²) in [5.74, 6) is -1.69. The monoisotopic (exact) mass is 292 g/mol. The Morgan fingerprint density at radius 3 is 2.86 bits per heavy atom. The molecule has 110 valence electrons. The summed E-state index contributed by atoms with van der Waals surface area (Å²) in [4.78, 5) is 36.9. The zero-order valence-corrected chi connectivity index (χ0v) is 11.1. The molecular weight excluding hydrogens is 279 g/mol. The van der Waals surface area contributed by atoms with E-state index in [2.05, 4.69) is 5.32 Å². The number of benzene rings is 1. The molecule has 1 fully saturated rings. The third-order valence-electron chi connectivity index (χ3n) is 3.63. The van der Waals surface area contributed by atoms with Crippen LogP contribution in [0.3, 0.4) is 0 Å². The highest BCUT2D eigenvalue weighted by Gasteiger charge is 2.36. The average molecular weight is 292 g/mol. The van der Waals surface area contributed by atoms with Gasteiger partial charge in [0.1, 0.15) is 18.6 Å². The van der Waals surface area contributed by atoms with Gasteiger partial charge in [-0.15, -0.1) is 0 Å². The Morgan fingerprint density at radius 2 is 2.10 bits per heavy atom. The molecule has 2 heterocycles. The first-order chi connectivity index (χ1) is 10.1. The summed E-state index contributed by atoms with van der Waals surface area (Å²) in [6.45, 7) is 0.0318. The molecule has 1 aromatic rings. The minimum Gasteiger partial charge on any atom is -0.356 e. The third kappa shape index (κ3) is 2.52. The van der Waals surface area contributed by atoms with Crippen LogP contribution in [0, 0.1) is 5.82 Å². The van der Waals surface area contributed by atoms with E-state index in [4.69, 9.17) is 4.74 Å². The highest BCUT2D eigenvalue weighted by molar-refractivity contribution is 6.04. The van der Waals surface area contributed by atoms with Gasteiger partial charge in [-0.2, -0.15) is 0 Å². The number of rotatable bonds is 1. The molecule has 0 aliphatic carbocycles. The van der Waals surface area contributed by atoms with Gasteiger partial charge in [0, 0.05) is 12.0 Å². The SMILES string of the molecule is O=C1CCC(N2COCc3cc(F)ccc3C2=O)C(=O)N1. The fraction of sp³-hybridized carbons (Fsp3) is 0.357. The molecule has 0 spiro atoms. The van der Waals surface area contributed by atoms with Gasteiger partial charge >= 0.3 is 0 Å². The minimum atomic E-state index is -0.744. The van der Waals surface area contributed by atoms with Gasteiger partial charge in [-0.05, 0) is 30.2 Å². The van der Waals surface area contributed by atoms with Crippen LogP contribution in [-0.4, -0.2) is 35.4 Å². The topological polar surface area (TPSA) is 75.7 Å². The van der Waals surface area contributed by atoms with Crippen LogP contribution in [0.25, 0.3) is 0 Å². The smallest absolute Gasteiger partial charge is 0.256 e. The molecule has 1 atom stereocenters. The van der Waals surface area contributed by atoms with Crippen molar-refractivity contribution in [3.8, 4) is 0 Å². The largest absolute Gasteiger partial charge is 0.356 e. The Balaban J connectivity index is 1.90. The van der Waals surface area contributed by atoms with Gasteiger partial charge in [-0.3, -0.25) is 19.7 Å². The Labute approximate surface area is 119 Å². The number of carbonyl (C=O) groups excluding carboxylic acids is 3. The highest BCUT2D eigenvalue weighted by atomic mass is 19.1. The molecule has 3 amide bonds. The van der Waals surface area contributed by atoms with Crippen molar-refractivity contribution in [2.75, 3.05) is 6.73 Å². The number of nitrogens with zero attached hydrogens (tertiary/aromatic N) is 1. The molecule has 1 unspecified atom stereocenters. The van der Waals surface area contributed by atoms with Gasteiger partial charge < -0.3 is 9.64 Å². The molecular formula is C14H13FN2O4. The summed E-state index contributed by atoms with van der Waals surface area (Å²) in [6.07, 6.45) is 0.437. The number of nitrogens with one attached hydrogen (secondary N) is 1. The number of ether oxygens (including phenoxy) is 1. The predicted octanol–water partition coefficient (Wildman–Crippen LogP) is 0.561. The number of imide groups is 1. The standard InChI is InChI=1S/C14H13FN2O4/c15-9-1-2-10-8(5-9)6-21-7-17(14(10)20)11-3-4-12(18)16-13(11)19/h1-2,5,11H,3-4,6-7H2,(H,16,18,19). The molecule has 3 rings (SSSR count). The number of amides is 3. The van der Waals surface area contributed by atoms with Crippen LogP contribution in [0.1, 0.15) is 28.8 Å². The summed E-state index contributed by atoms with van der Waals surface area (Å²) in [6, 6.07) is 3.10. The van der Waals surface area contributed by atoms with Crippen LogP contribution in [0.5, 0.6) is 0 Å². The normalized spacial score (nSPS) is 22.6. The van der Waals surface area contributed by atoms with Crippen molar-refractivity contribution < 1.29 is 23.5 Å². The number of hydrogen-bond acceptors (Lipinski definition) is 4. The van der Waals surface area contributed by atoms with Gasteiger partial charge in [0.25, 0.3) is 5.91 Å². The lowest BCUT2D eigenvalue weighted by molar-refractivity contribution is -0.138. The molecule has 0 aromatic heterocycles. The molecule has 1 saturated heterocycles. The lowest BCUT2D eigenvalue weighted by atomic mass is 10.0. The van der Waals surface area contributed by atoms with Crippen LogP contribution in [0.2, 0.25) is 0 Å². The molecule has 6 nitrogen and oxygen atoms in total. The van der Waals surface area contributed by atoms with Crippen molar-refractivity contribution >= 4 is 17.7 Å². The van der Waals surface area contributed by atoms with Crippen molar-refractivity contribution in [2.24, 2.45) is 0 Å². The van der Waals surface area contributed by atoms with Gasteiger partial charge in [-0.25, -0.2) is 4.39 Å². The van der Waals surface area contributed by atoms with E-state index in [9.17, 15) is 18.8 Å². The molecule has 0 bridgehead atoms. The van der Waals surface area contributed by atoms with Crippen LogP contribution in [0.15, 0.2) is 18.2 Å². The Hall–Kier alpha value is -2.28.